The summed E-state index contributed by atoms with van der Waals surface area (Å²) in [5.74, 6) is 0.267. The van der Waals surface area contributed by atoms with Crippen LogP contribution in [-0.4, -0.2) is 37.0 Å². The van der Waals surface area contributed by atoms with Crippen LogP contribution in [0, 0.1) is 0 Å². The van der Waals surface area contributed by atoms with Gasteiger partial charge in [-0.2, -0.15) is 0 Å². The molecule has 20 heavy (non-hydrogen) atoms. The first kappa shape index (κ1) is 15.5. The number of halogens is 2. The summed E-state index contributed by atoms with van der Waals surface area (Å²) in [6.45, 7) is 5.22. The van der Waals surface area contributed by atoms with Gasteiger partial charge in [0.15, 0.2) is 0 Å². The maximum absolute atomic E-state index is 12.0. The summed E-state index contributed by atoms with van der Waals surface area (Å²) in [4.78, 5) is 16.1. The van der Waals surface area contributed by atoms with Crippen LogP contribution < -0.4 is 4.90 Å². The fraction of sp³-hybridized carbons (Fsp3) is 0.533. The molecule has 0 radical (unpaired) electrons. The first-order chi connectivity index (χ1) is 9.61. The Morgan fingerprint density at radius 2 is 1.90 bits per heavy atom. The number of rotatable bonds is 4. The summed E-state index contributed by atoms with van der Waals surface area (Å²) < 4.78 is 0. The number of hydrogen-bond donors (Lipinski definition) is 0. The van der Waals surface area contributed by atoms with Crippen LogP contribution in [0.4, 0.5) is 5.69 Å². The van der Waals surface area contributed by atoms with Crippen molar-refractivity contribution < 1.29 is 4.79 Å². The molecule has 0 aromatic heterocycles. The molecule has 1 aliphatic rings. The van der Waals surface area contributed by atoms with Crippen molar-refractivity contribution in [1.29, 1.82) is 0 Å². The zero-order valence-corrected chi connectivity index (χ0v) is 13.3. The van der Waals surface area contributed by atoms with Crippen LogP contribution in [0.3, 0.4) is 0 Å². The van der Waals surface area contributed by atoms with E-state index >= 15 is 0 Å². The Kier molecular flexibility index (Phi) is 5.55. The second-order valence-electron chi connectivity index (χ2n) is 5.07. The van der Waals surface area contributed by atoms with E-state index in [2.05, 4.69) is 11.8 Å². The summed E-state index contributed by atoms with van der Waals surface area (Å²) in [7, 11) is 0. The van der Waals surface area contributed by atoms with Crippen molar-refractivity contribution in [1.82, 2.24) is 4.90 Å². The first-order valence-corrected chi connectivity index (χ1v) is 7.85. The maximum Gasteiger partial charge on any atom is 0.222 e. The van der Waals surface area contributed by atoms with Crippen molar-refractivity contribution in [3.8, 4) is 0 Å². The molecule has 1 saturated heterocycles. The topological polar surface area (TPSA) is 23.6 Å². The summed E-state index contributed by atoms with van der Waals surface area (Å²) >= 11 is 12.2. The lowest BCUT2D eigenvalue weighted by molar-refractivity contribution is -0.131. The Morgan fingerprint density at radius 3 is 2.55 bits per heavy atom. The molecule has 1 aromatic carbocycles. The molecule has 5 heteroatoms. The third-order valence-corrected chi connectivity index (χ3v) is 4.18. The summed E-state index contributed by atoms with van der Waals surface area (Å²) in [6, 6.07) is 5.49. The lowest BCUT2D eigenvalue weighted by atomic mass is 10.2. The van der Waals surface area contributed by atoms with Crippen molar-refractivity contribution in [3.63, 3.8) is 0 Å². The number of carbonyl (C=O) groups excluding carboxylic acids is 1. The molecule has 0 spiro atoms. The van der Waals surface area contributed by atoms with E-state index in [-0.39, 0.29) is 5.91 Å². The number of piperazine rings is 1. The van der Waals surface area contributed by atoms with Gasteiger partial charge in [-0.3, -0.25) is 4.79 Å². The molecule has 1 aliphatic heterocycles. The molecule has 1 amide bonds. The number of unbranched alkanes of at least 4 members (excludes halogenated alkanes) is 1. The van der Waals surface area contributed by atoms with Crippen LogP contribution in [-0.2, 0) is 4.79 Å². The normalized spacial score (nSPS) is 15.6. The summed E-state index contributed by atoms with van der Waals surface area (Å²) in [6.07, 6.45) is 2.69. The molecule has 3 nitrogen and oxygen atoms in total. The van der Waals surface area contributed by atoms with E-state index in [0.29, 0.717) is 16.5 Å². The standard InChI is InChI=1S/C15H20Cl2N2O/c1-2-3-4-15(20)19-9-7-18(8-10-19)14-11-12(16)5-6-13(14)17/h5-6,11H,2-4,7-10H2,1H3. The molecule has 1 heterocycles. The highest BCUT2D eigenvalue weighted by Crippen LogP contribution is 2.29. The highest BCUT2D eigenvalue weighted by atomic mass is 35.5. The van der Waals surface area contributed by atoms with Crippen LogP contribution >= 0.6 is 23.2 Å². The van der Waals surface area contributed by atoms with Gasteiger partial charge < -0.3 is 9.80 Å². The Labute approximate surface area is 130 Å². The number of hydrogen-bond acceptors (Lipinski definition) is 2. The minimum absolute atomic E-state index is 0.267. The van der Waals surface area contributed by atoms with Gasteiger partial charge in [-0.1, -0.05) is 36.5 Å². The van der Waals surface area contributed by atoms with Crippen LogP contribution in [0.5, 0.6) is 0 Å². The van der Waals surface area contributed by atoms with Crippen molar-refractivity contribution >= 4 is 34.8 Å². The van der Waals surface area contributed by atoms with E-state index in [1.165, 1.54) is 0 Å². The summed E-state index contributed by atoms with van der Waals surface area (Å²) in [5, 5.41) is 1.39. The lowest BCUT2D eigenvalue weighted by Gasteiger charge is -2.36. The van der Waals surface area contributed by atoms with E-state index in [1.54, 1.807) is 6.07 Å². The largest absolute Gasteiger partial charge is 0.367 e. The van der Waals surface area contributed by atoms with Crippen molar-refractivity contribution in [3.05, 3.63) is 28.2 Å². The molecule has 110 valence electrons. The molecule has 0 aliphatic carbocycles. The van der Waals surface area contributed by atoms with Crippen LogP contribution in [0.25, 0.3) is 0 Å². The highest BCUT2D eigenvalue weighted by molar-refractivity contribution is 6.35. The van der Waals surface area contributed by atoms with Gasteiger partial charge in [0.2, 0.25) is 5.91 Å². The first-order valence-electron chi connectivity index (χ1n) is 7.09. The smallest absolute Gasteiger partial charge is 0.222 e. The molecule has 0 N–H and O–H groups in total. The van der Waals surface area contributed by atoms with Crippen LogP contribution in [0.15, 0.2) is 18.2 Å². The SMILES string of the molecule is CCCCC(=O)N1CCN(c2cc(Cl)ccc2Cl)CC1. The van der Waals surface area contributed by atoms with Gasteiger partial charge in [-0.25, -0.2) is 0 Å². The van der Waals surface area contributed by atoms with Crippen LogP contribution in [0.2, 0.25) is 10.0 Å². The number of nitrogens with zero attached hydrogens (tertiary/aromatic N) is 2. The number of amides is 1. The maximum atomic E-state index is 12.0. The second kappa shape index (κ2) is 7.19. The Morgan fingerprint density at radius 1 is 1.20 bits per heavy atom. The molecule has 0 unspecified atom stereocenters. The van der Waals surface area contributed by atoms with Gasteiger partial charge in [0, 0.05) is 37.6 Å². The minimum atomic E-state index is 0.267. The zero-order chi connectivity index (χ0) is 14.5. The van der Waals surface area contributed by atoms with Crippen molar-refractivity contribution in [2.45, 2.75) is 26.2 Å². The lowest BCUT2D eigenvalue weighted by Crippen LogP contribution is -2.48. The second-order valence-corrected chi connectivity index (χ2v) is 5.91. The fourth-order valence-electron chi connectivity index (χ4n) is 2.41. The van der Waals surface area contributed by atoms with E-state index in [4.69, 9.17) is 23.2 Å². The Balaban J connectivity index is 1.94. The van der Waals surface area contributed by atoms with Crippen molar-refractivity contribution in [2.75, 3.05) is 31.1 Å². The molecular weight excluding hydrogens is 295 g/mol. The molecular formula is C15H20Cl2N2O. The van der Waals surface area contributed by atoms with Gasteiger partial charge in [0.25, 0.3) is 0 Å². The summed E-state index contributed by atoms with van der Waals surface area (Å²) in [5.41, 5.74) is 0.958. The minimum Gasteiger partial charge on any atom is -0.367 e. The van der Waals surface area contributed by atoms with Crippen molar-refractivity contribution in [2.24, 2.45) is 0 Å². The molecule has 1 aromatic rings. The number of carbonyl (C=O) groups is 1. The Hall–Kier alpha value is -0.930. The van der Waals surface area contributed by atoms with Gasteiger partial charge >= 0.3 is 0 Å². The molecule has 0 atom stereocenters. The zero-order valence-electron chi connectivity index (χ0n) is 11.7. The predicted octanol–water partition coefficient (Wildman–Crippen LogP) is 3.83. The molecule has 2 rings (SSSR count). The number of anilines is 1. The molecule has 0 saturated carbocycles. The Bertz CT molecular complexity index is 471. The number of benzene rings is 1. The van der Waals surface area contributed by atoms with E-state index in [1.807, 2.05) is 17.0 Å². The average Bonchev–Trinajstić information content (AvgIpc) is 2.47. The van der Waals surface area contributed by atoms with E-state index < -0.39 is 0 Å². The quantitative estimate of drug-likeness (QED) is 0.843. The third kappa shape index (κ3) is 3.80. The predicted molar refractivity (Wildman–Crippen MR) is 84.8 cm³/mol. The van der Waals surface area contributed by atoms with Gasteiger partial charge in [0.05, 0.1) is 10.7 Å². The van der Waals surface area contributed by atoms with Gasteiger partial charge in [0.1, 0.15) is 0 Å². The van der Waals surface area contributed by atoms with E-state index in [0.717, 1.165) is 44.7 Å². The van der Waals surface area contributed by atoms with E-state index in [9.17, 15) is 4.79 Å². The fourth-order valence-corrected chi connectivity index (χ4v) is 2.81. The van der Waals surface area contributed by atoms with Crippen LogP contribution in [0.1, 0.15) is 26.2 Å². The van der Waals surface area contributed by atoms with Gasteiger partial charge in [-0.15, -0.1) is 0 Å². The average molecular weight is 315 g/mol. The molecule has 1 fully saturated rings. The molecule has 0 bridgehead atoms. The highest BCUT2D eigenvalue weighted by Gasteiger charge is 2.22. The third-order valence-electron chi connectivity index (χ3n) is 3.63. The monoisotopic (exact) mass is 314 g/mol. The van der Waals surface area contributed by atoms with Gasteiger partial charge in [-0.05, 0) is 24.6 Å².